The van der Waals surface area contributed by atoms with E-state index < -0.39 is 10.9 Å². The van der Waals surface area contributed by atoms with Crippen molar-refractivity contribution in [1.29, 1.82) is 0 Å². The minimum atomic E-state index is -0.965. The van der Waals surface area contributed by atoms with Gasteiger partial charge in [0.2, 0.25) is 5.91 Å². The largest absolute Gasteiger partial charge is 0.480 e. The Bertz CT molecular complexity index is 879. The van der Waals surface area contributed by atoms with Crippen LogP contribution in [0.1, 0.15) is 57.6 Å². The second-order valence-electron chi connectivity index (χ2n) is 9.47. The maximum absolute atomic E-state index is 13.5. The van der Waals surface area contributed by atoms with Crippen molar-refractivity contribution >= 4 is 23.6 Å². The Morgan fingerprint density at radius 3 is 2.18 bits per heavy atom. The van der Waals surface area contributed by atoms with E-state index in [1.54, 1.807) is 11.8 Å². The molecule has 2 atom stereocenters. The number of amides is 1. The van der Waals surface area contributed by atoms with Crippen molar-refractivity contribution in [3.8, 4) is 0 Å². The Hall–Kier alpha value is -2.31. The quantitative estimate of drug-likeness (QED) is 0.414. The average molecular weight is 484 g/mol. The molecule has 6 heteroatoms. The van der Waals surface area contributed by atoms with E-state index >= 15 is 0 Å². The Morgan fingerprint density at radius 2 is 1.68 bits per heavy atom. The van der Waals surface area contributed by atoms with Crippen LogP contribution in [-0.2, 0) is 19.3 Å². The molecule has 3 rings (SSSR count). The van der Waals surface area contributed by atoms with Gasteiger partial charge >= 0.3 is 5.97 Å². The molecule has 184 valence electrons. The Labute approximate surface area is 207 Å². The van der Waals surface area contributed by atoms with Crippen molar-refractivity contribution < 1.29 is 19.4 Å². The van der Waals surface area contributed by atoms with Gasteiger partial charge in [-0.1, -0.05) is 87.9 Å². The first-order valence-corrected chi connectivity index (χ1v) is 13.3. The van der Waals surface area contributed by atoms with Crippen LogP contribution in [0.2, 0.25) is 0 Å². The number of carbonyl (C=O) groups is 2. The molecule has 5 nitrogen and oxygen atoms in total. The molecular weight excluding hydrogens is 446 g/mol. The lowest BCUT2D eigenvalue weighted by Gasteiger charge is -2.31. The minimum Gasteiger partial charge on any atom is -0.480 e. The van der Waals surface area contributed by atoms with Gasteiger partial charge in [0.1, 0.15) is 6.54 Å². The molecule has 2 aromatic rings. The lowest BCUT2D eigenvalue weighted by Crippen LogP contribution is -2.42. The predicted molar refractivity (Wildman–Crippen MR) is 138 cm³/mol. The van der Waals surface area contributed by atoms with Crippen LogP contribution in [0.4, 0.5) is 0 Å². The molecule has 0 saturated carbocycles. The van der Waals surface area contributed by atoms with Crippen molar-refractivity contribution in [2.75, 3.05) is 18.8 Å². The Balaban J connectivity index is 1.83. The third kappa shape index (κ3) is 6.63. The molecule has 0 aromatic heterocycles. The van der Waals surface area contributed by atoms with Gasteiger partial charge in [0.05, 0.1) is 6.10 Å². The zero-order chi connectivity index (χ0) is 24.6. The van der Waals surface area contributed by atoms with E-state index in [1.165, 1.54) is 4.90 Å². The van der Waals surface area contributed by atoms with E-state index in [0.717, 1.165) is 36.1 Å². The number of benzene rings is 2. The van der Waals surface area contributed by atoms with Gasteiger partial charge in [-0.05, 0) is 36.3 Å². The lowest BCUT2D eigenvalue weighted by molar-refractivity contribution is -0.147. The summed E-state index contributed by atoms with van der Waals surface area (Å²) in [6, 6.07) is 20.5. The van der Waals surface area contributed by atoms with Crippen molar-refractivity contribution in [1.82, 2.24) is 4.90 Å². The summed E-state index contributed by atoms with van der Waals surface area (Å²) >= 11 is 1.77. The second-order valence-corrected chi connectivity index (χ2v) is 10.7. The molecule has 0 bridgehead atoms. The van der Waals surface area contributed by atoms with E-state index in [1.807, 2.05) is 43.3 Å². The number of carboxylic acid groups (broad SMARTS) is 1. The molecule has 1 heterocycles. The Kier molecular flexibility index (Phi) is 9.60. The molecule has 1 N–H and O–H groups in total. The third-order valence-corrected chi connectivity index (χ3v) is 7.70. The summed E-state index contributed by atoms with van der Waals surface area (Å²) in [4.78, 5) is 25.9. The standard InChI is InChI=1S/C28H37NO4S/c1-4-5-16-29(19-26(30)31)27(32)22(17-21(2)3)18-25-20-34-28(33-25,23-12-8-6-9-13-23)24-14-10-7-11-15-24/h6-15,21-22,25H,4-5,16-20H2,1-3H3,(H,30,31)/t22-,25?/m1/s1. The maximum Gasteiger partial charge on any atom is 0.323 e. The van der Waals surface area contributed by atoms with Crippen LogP contribution < -0.4 is 0 Å². The van der Waals surface area contributed by atoms with Crippen LogP contribution in [0.15, 0.2) is 60.7 Å². The fourth-order valence-corrected chi connectivity index (χ4v) is 6.07. The van der Waals surface area contributed by atoms with E-state index in [9.17, 15) is 14.7 Å². The number of carbonyl (C=O) groups excluding carboxylic acids is 1. The van der Waals surface area contributed by atoms with Gasteiger partial charge in [-0.25, -0.2) is 0 Å². The number of carboxylic acids is 1. The predicted octanol–water partition coefficient (Wildman–Crippen LogP) is 5.79. The number of thioether (sulfide) groups is 1. The molecule has 1 unspecified atom stereocenters. The molecule has 0 spiro atoms. The maximum atomic E-state index is 13.5. The number of nitrogens with zero attached hydrogens (tertiary/aromatic N) is 1. The topological polar surface area (TPSA) is 66.8 Å². The third-order valence-electron chi connectivity index (χ3n) is 6.18. The summed E-state index contributed by atoms with van der Waals surface area (Å²) in [7, 11) is 0. The van der Waals surface area contributed by atoms with Crippen LogP contribution in [-0.4, -0.2) is 46.8 Å². The number of aliphatic carboxylic acids is 1. The summed E-state index contributed by atoms with van der Waals surface area (Å²) < 4.78 is 6.80. The summed E-state index contributed by atoms with van der Waals surface area (Å²) in [5.74, 6) is -0.180. The van der Waals surface area contributed by atoms with Gasteiger partial charge in [-0.3, -0.25) is 9.59 Å². The van der Waals surface area contributed by atoms with E-state index in [0.29, 0.717) is 18.9 Å². The molecule has 1 saturated heterocycles. The van der Waals surface area contributed by atoms with Crippen molar-refractivity contribution in [2.24, 2.45) is 11.8 Å². The SMILES string of the molecule is CCCCN(CC(=O)O)C(=O)[C@H](CC(C)C)CC1CSC(c2ccccc2)(c2ccccc2)O1. The van der Waals surface area contributed by atoms with Crippen LogP contribution in [0.3, 0.4) is 0 Å². The van der Waals surface area contributed by atoms with Crippen molar-refractivity contribution in [3.05, 3.63) is 71.8 Å². The van der Waals surface area contributed by atoms with Crippen LogP contribution in [0.25, 0.3) is 0 Å². The smallest absolute Gasteiger partial charge is 0.323 e. The molecule has 34 heavy (non-hydrogen) atoms. The van der Waals surface area contributed by atoms with Gasteiger partial charge in [-0.15, -0.1) is 11.8 Å². The first kappa shape index (κ1) is 26.3. The van der Waals surface area contributed by atoms with Gasteiger partial charge in [0, 0.05) is 18.2 Å². The molecule has 1 aliphatic rings. The van der Waals surface area contributed by atoms with Crippen molar-refractivity contribution in [3.63, 3.8) is 0 Å². The van der Waals surface area contributed by atoms with E-state index in [-0.39, 0.29) is 24.5 Å². The summed E-state index contributed by atoms with van der Waals surface area (Å²) in [6.07, 6.45) is 2.92. The molecular formula is C28H37NO4S. The Morgan fingerprint density at radius 1 is 1.09 bits per heavy atom. The monoisotopic (exact) mass is 483 g/mol. The van der Waals surface area contributed by atoms with Gasteiger partial charge in [0.25, 0.3) is 0 Å². The van der Waals surface area contributed by atoms with Gasteiger partial charge in [0.15, 0.2) is 4.93 Å². The van der Waals surface area contributed by atoms with E-state index in [4.69, 9.17) is 4.74 Å². The first-order chi connectivity index (χ1) is 16.4. The van der Waals surface area contributed by atoms with Crippen LogP contribution in [0, 0.1) is 11.8 Å². The van der Waals surface area contributed by atoms with Crippen molar-refractivity contribution in [2.45, 2.75) is 57.5 Å². The molecule has 0 aliphatic carbocycles. The summed E-state index contributed by atoms with van der Waals surface area (Å²) in [5.41, 5.74) is 2.19. The molecule has 0 radical (unpaired) electrons. The fraction of sp³-hybridized carbons (Fsp3) is 0.500. The highest BCUT2D eigenvalue weighted by molar-refractivity contribution is 8.00. The molecule has 1 amide bonds. The normalized spacial score (nSPS) is 18.1. The minimum absolute atomic E-state index is 0.0601. The number of rotatable bonds is 12. The number of unbranched alkanes of at least 4 members (excludes halogenated alkanes) is 1. The highest BCUT2D eigenvalue weighted by Gasteiger charge is 2.45. The lowest BCUT2D eigenvalue weighted by atomic mass is 9.90. The van der Waals surface area contributed by atoms with Crippen LogP contribution in [0.5, 0.6) is 0 Å². The average Bonchev–Trinajstić information content (AvgIpc) is 3.26. The van der Waals surface area contributed by atoms with E-state index in [2.05, 4.69) is 38.1 Å². The molecule has 1 fully saturated rings. The summed E-state index contributed by atoms with van der Waals surface area (Å²) in [5, 5.41) is 9.38. The van der Waals surface area contributed by atoms with Crippen LogP contribution >= 0.6 is 11.8 Å². The molecule has 2 aromatic carbocycles. The highest BCUT2D eigenvalue weighted by Crippen LogP contribution is 2.51. The highest BCUT2D eigenvalue weighted by atomic mass is 32.2. The zero-order valence-electron chi connectivity index (χ0n) is 20.5. The number of ether oxygens (including phenoxy) is 1. The van der Waals surface area contributed by atoms with Gasteiger partial charge in [-0.2, -0.15) is 0 Å². The zero-order valence-corrected chi connectivity index (χ0v) is 21.3. The number of hydrogen-bond acceptors (Lipinski definition) is 4. The van der Waals surface area contributed by atoms with Gasteiger partial charge < -0.3 is 14.7 Å². The fourth-order valence-electron chi connectivity index (χ4n) is 4.64. The number of hydrogen-bond donors (Lipinski definition) is 1. The summed E-state index contributed by atoms with van der Waals surface area (Å²) in [6.45, 7) is 6.50. The first-order valence-electron chi connectivity index (χ1n) is 12.3. The second kappa shape index (κ2) is 12.4. The molecule has 1 aliphatic heterocycles.